The highest BCUT2D eigenvalue weighted by Crippen LogP contribution is 2.16. The van der Waals surface area contributed by atoms with Crippen molar-refractivity contribution in [2.45, 2.75) is 32.3 Å². The number of aliphatic hydroxyl groups is 1. The van der Waals surface area contributed by atoms with Gasteiger partial charge in [-0.05, 0) is 13.3 Å². The van der Waals surface area contributed by atoms with Gasteiger partial charge in [0, 0.05) is 5.38 Å². The van der Waals surface area contributed by atoms with E-state index >= 15 is 0 Å². The number of hydrogen-bond donors (Lipinski definition) is 4. The van der Waals surface area contributed by atoms with Crippen LogP contribution in [0.4, 0.5) is 9.93 Å². The van der Waals surface area contributed by atoms with Crippen molar-refractivity contribution in [3.05, 3.63) is 11.1 Å². The van der Waals surface area contributed by atoms with Gasteiger partial charge in [-0.1, -0.05) is 13.3 Å². The Bertz CT molecular complexity index is 459. The Morgan fingerprint density at radius 2 is 2.21 bits per heavy atom. The van der Waals surface area contributed by atoms with Gasteiger partial charge >= 0.3 is 12.0 Å². The first kappa shape index (κ1) is 15.4. The van der Waals surface area contributed by atoms with Gasteiger partial charge in [0.1, 0.15) is 0 Å². The lowest BCUT2D eigenvalue weighted by molar-refractivity contribution is -0.155. The van der Waals surface area contributed by atoms with Gasteiger partial charge in [0.2, 0.25) is 0 Å². The molecule has 0 saturated carbocycles. The predicted molar refractivity (Wildman–Crippen MR) is 71.4 cm³/mol. The Morgan fingerprint density at radius 1 is 1.53 bits per heavy atom. The van der Waals surface area contributed by atoms with Gasteiger partial charge in [-0.15, -0.1) is 11.3 Å². The van der Waals surface area contributed by atoms with Crippen LogP contribution in [0.2, 0.25) is 0 Å². The molecule has 1 rings (SSSR count). The largest absolute Gasteiger partial charge is 0.479 e. The van der Waals surface area contributed by atoms with E-state index < -0.39 is 17.6 Å². The number of amides is 2. The van der Waals surface area contributed by atoms with Crippen LogP contribution < -0.4 is 10.6 Å². The van der Waals surface area contributed by atoms with Crippen LogP contribution in [0.1, 0.15) is 26.0 Å². The molecular weight excluding hydrogens is 270 g/mol. The molecule has 8 heteroatoms. The Labute approximate surface area is 114 Å². The molecule has 0 aliphatic heterocycles. The SMILES string of the molecule is CCCc1csc(NC(=O)NCC(C)(O)C(=O)O)n1. The molecule has 7 nitrogen and oxygen atoms in total. The van der Waals surface area contributed by atoms with E-state index in [-0.39, 0.29) is 6.54 Å². The molecule has 1 aromatic heterocycles. The lowest BCUT2D eigenvalue weighted by Crippen LogP contribution is -2.47. The summed E-state index contributed by atoms with van der Waals surface area (Å²) in [7, 11) is 0. The number of aromatic nitrogens is 1. The van der Waals surface area contributed by atoms with Crippen molar-refractivity contribution in [1.82, 2.24) is 10.3 Å². The van der Waals surface area contributed by atoms with Gasteiger partial charge in [-0.2, -0.15) is 0 Å². The maximum absolute atomic E-state index is 11.5. The predicted octanol–water partition coefficient (Wildman–Crippen LogP) is 1.05. The van der Waals surface area contributed by atoms with Gasteiger partial charge in [0.15, 0.2) is 10.7 Å². The Morgan fingerprint density at radius 3 is 2.79 bits per heavy atom. The monoisotopic (exact) mass is 287 g/mol. The number of carbonyl (C=O) groups excluding carboxylic acids is 1. The molecule has 2 amide bonds. The number of hydrogen-bond acceptors (Lipinski definition) is 5. The van der Waals surface area contributed by atoms with Crippen LogP contribution in [0.25, 0.3) is 0 Å². The summed E-state index contributed by atoms with van der Waals surface area (Å²) in [5.74, 6) is -1.40. The summed E-state index contributed by atoms with van der Waals surface area (Å²) in [6, 6.07) is -0.598. The van der Waals surface area contributed by atoms with Crippen molar-refractivity contribution in [3.63, 3.8) is 0 Å². The van der Waals surface area contributed by atoms with Gasteiger partial charge in [-0.25, -0.2) is 14.6 Å². The molecule has 0 bridgehead atoms. The summed E-state index contributed by atoms with van der Waals surface area (Å²) in [5.41, 5.74) is -1.09. The second-order valence-corrected chi connectivity index (χ2v) is 5.14. The number of rotatable bonds is 6. The molecule has 4 N–H and O–H groups in total. The van der Waals surface area contributed by atoms with Crippen LogP contribution >= 0.6 is 11.3 Å². The maximum atomic E-state index is 11.5. The first-order chi connectivity index (χ1) is 8.85. The average molecular weight is 287 g/mol. The number of nitrogens with one attached hydrogen (secondary N) is 2. The van der Waals surface area contributed by atoms with E-state index in [1.54, 1.807) is 0 Å². The Kier molecular flexibility index (Phi) is 5.25. The number of carboxylic acid groups (broad SMARTS) is 1. The molecule has 0 fully saturated rings. The summed E-state index contributed by atoms with van der Waals surface area (Å²) in [6.45, 7) is 2.76. The molecule has 0 aromatic carbocycles. The van der Waals surface area contributed by atoms with Gasteiger partial charge < -0.3 is 15.5 Å². The Balaban J connectivity index is 2.44. The maximum Gasteiger partial charge on any atom is 0.337 e. The minimum atomic E-state index is -1.99. The smallest absolute Gasteiger partial charge is 0.337 e. The van der Waals surface area contributed by atoms with Crippen LogP contribution in [0, 0.1) is 0 Å². The van der Waals surface area contributed by atoms with Crippen LogP contribution in [0.5, 0.6) is 0 Å². The van der Waals surface area contributed by atoms with Crippen molar-refractivity contribution in [3.8, 4) is 0 Å². The molecule has 1 aromatic rings. The van der Waals surface area contributed by atoms with E-state index in [1.807, 2.05) is 12.3 Å². The second kappa shape index (κ2) is 6.48. The zero-order chi connectivity index (χ0) is 14.5. The molecule has 0 radical (unpaired) electrons. The fourth-order valence-electron chi connectivity index (χ4n) is 1.20. The topological polar surface area (TPSA) is 112 Å². The van der Waals surface area contributed by atoms with E-state index in [4.69, 9.17) is 5.11 Å². The summed E-state index contributed by atoms with van der Waals surface area (Å²) in [6.07, 6.45) is 1.81. The van der Waals surface area contributed by atoms with Crippen molar-refractivity contribution in [2.24, 2.45) is 0 Å². The van der Waals surface area contributed by atoms with Gasteiger partial charge in [0.25, 0.3) is 0 Å². The lowest BCUT2D eigenvalue weighted by atomic mass is 10.1. The van der Waals surface area contributed by atoms with Gasteiger partial charge in [0.05, 0.1) is 12.2 Å². The van der Waals surface area contributed by atoms with Crippen LogP contribution in [0.15, 0.2) is 5.38 Å². The van der Waals surface area contributed by atoms with Crippen molar-refractivity contribution >= 4 is 28.5 Å². The lowest BCUT2D eigenvalue weighted by Gasteiger charge is -2.18. The molecule has 19 heavy (non-hydrogen) atoms. The van der Waals surface area contributed by atoms with E-state index in [0.29, 0.717) is 5.13 Å². The van der Waals surface area contributed by atoms with E-state index in [9.17, 15) is 14.7 Å². The summed E-state index contributed by atoms with van der Waals surface area (Å²) in [4.78, 5) is 26.3. The highest BCUT2D eigenvalue weighted by Gasteiger charge is 2.30. The van der Waals surface area contributed by atoms with E-state index in [1.165, 1.54) is 11.3 Å². The number of aliphatic carboxylic acids is 1. The van der Waals surface area contributed by atoms with E-state index in [2.05, 4.69) is 15.6 Å². The van der Waals surface area contributed by atoms with Gasteiger partial charge in [-0.3, -0.25) is 5.32 Å². The Hall–Kier alpha value is -1.67. The minimum Gasteiger partial charge on any atom is -0.479 e. The van der Waals surface area contributed by atoms with Crippen molar-refractivity contribution in [1.29, 1.82) is 0 Å². The zero-order valence-corrected chi connectivity index (χ0v) is 11.6. The van der Waals surface area contributed by atoms with Crippen LogP contribution in [-0.2, 0) is 11.2 Å². The summed E-state index contributed by atoms with van der Waals surface area (Å²) >= 11 is 1.30. The normalized spacial score (nSPS) is 13.6. The standard InChI is InChI=1S/C11H17N3O4S/c1-3-4-7-5-19-10(13-7)14-9(17)12-6-11(2,18)8(15)16/h5,18H,3-4,6H2,1-2H3,(H,15,16)(H2,12,13,14,17). The second-order valence-electron chi connectivity index (χ2n) is 4.28. The third-order valence-corrected chi connectivity index (χ3v) is 3.14. The quantitative estimate of drug-likeness (QED) is 0.625. The average Bonchev–Trinajstić information content (AvgIpc) is 2.74. The molecule has 0 aliphatic carbocycles. The molecule has 106 valence electrons. The third kappa shape index (κ3) is 4.84. The first-order valence-corrected chi connectivity index (χ1v) is 6.68. The van der Waals surface area contributed by atoms with Crippen LogP contribution in [-0.4, -0.2) is 39.3 Å². The van der Waals surface area contributed by atoms with Crippen LogP contribution in [0.3, 0.4) is 0 Å². The number of nitrogens with zero attached hydrogens (tertiary/aromatic N) is 1. The molecule has 0 spiro atoms. The number of aryl methyl sites for hydroxylation is 1. The fourth-order valence-corrected chi connectivity index (χ4v) is 1.94. The highest BCUT2D eigenvalue weighted by atomic mass is 32.1. The molecule has 1 atom stereocenters. The minimum absolute atomic E-state index is 0.388. The zero-order valence-electron chi connectivity index (χ0n) is 10.8. The van der Waals surface area contributed by atoms with Crippen molar-refractivity contribution < 1.29 is 19.8 Å². The number of anilines is 1. The first-order valence-electron chi connectivity index (χ1n) is 5.80. The van der Waals surface area contributed by atoms with E-state index in [0.717, 1.165) is 25.5 Å². The number of urea groups is 1. The molecule has 1 heterocycles. The van der Waals surface area contributed by atoms with Crippen molar-refractivity contribution in [2.75, 3.05) is 11.9 Å². The number of carbonyl (C=O) groups is 2. The molecular formula is C11H17N3O4S. The molecule has 0 aliphatic rings. The summed E-state index contributed by atoms with van der Waals surface area (Å²) in [5, 5.41) is 25.2. The number of thiazole rings is 1. The fraction of sp³-hybridized carbons (Fsp3) is 0.545. The number of carboxylic acids is 1. The third-order valence-electron chi connectivity index (χ3n) is 2.33. The molecule has 1 unspecified atom stereocenters. The summed E-state index contributed by atoms with van der Waals surface area (Å²) < 4.78 is 0. The highest BCUT2D eigenvalue weighted by molar-refractivity contribution is 7.13. The molecule has 0 saturated heterocycles.